The molecule has 3 nitrogen and oxygen atoms in total. The van der Waals surface area contributed by atoms with Crippen molar-refractivity contribution in [3.8, 4) is 0 Å². The molecule has 0 amide bonds. The smallest absolute Gasteiger partial charge is 0.154 e. The van der Waals surface area contributed by atoms with Crippen LogP contribution >= 0.6 is 0 Å². The van der Waals surface area contributed by atoms with Crippen LogP contribution < -0.4 is 0 Å². The summed E-state index contributed by atoms with van der Waals surface area (Å²) in [5, 5.41) is 0. The lowest BCUT2D eigenvalue weighted by molar-refractivity contribution is -0.123. The van der Waals surface area contributed by atoms with Crippen molar-refractivity contribution in [3.63, 3.8) is 0 Å². The Morgan fingerprint density at radius 2 is 1.62 bits per heavy atom. The average Bonchev–Trinajstić information content (AvgIpc) is 2.67. The van der Waals surface area contributed by atoms with Gasteiger partial charge in [-0.15, -0.1) is 13.2 Å². The van der Waals surface area contributed by atoms with Gasteiger partial charge in [0.2, 0.25) is 0 Å². The van der Waals surface area contributed by atoms with Gasteiger partial charge >= 0.3 is 0 Å². The Bertz CT molecular complexity index is 458. The summed E-state index contributed by atoms with van der Waals surface area (Å²) in [5.41, 5.74) is 2.11. The fourth-order valence-corrected chi connectivity index (χ4v) is 3.20. The van der Waals surface area contributed by atoms with E-state index < -0.39 is 0 Å². The third kappa shape index (κ3) is 10.5. The minimum absolute atomic E-state index is 0.0370. The molecular formula is C23H38O3. The van der Waals surface area contributed by atoms with Gasteiger partial charge in [-0.05, 0) is 57.4 Å². The van der Waals surface area contributed by atoms with Gasteiger partial charge in [0.05, 0.1) is 0 Å². The highest BCUT2D eigenvalue weighted by molar-refractivity contribution is 5.77. The summed E-state index contributed by atoms with van der Waals surface area (Å²) >= 11 is 0. The van der Waals surface area contributed by atoms with Gasteiger partial charge in [-0.3, -0.25) is 4.79 Å². The van der Waals surface area contributed by atoms with Crippen LogP contribution in [0.5, 0.6) is 0 Å². The molecule has 1 saturated carbocycles. The summed E-state index contributed by atoms with van der Waals surface area (Å²) in [6.07, 6.45) is 7.40. The molecule has 0 radical (unpaired) electrons. The first-order chi connectivity index (χ1) is 12.6. The van der Waals surface area contributed by atoms with E-state index in [1.165, 1.54) is 31.2 Å². The summed E-state index contributed by atoms with van der Waals surface area (Å²) in [6, 6.07) is 8.00. The molecule has 1 aromatic carbocycles. The van der Waals surface area contributed by atoms with Crippen LogP contribution in [0.4, 0.5) is 0 Å². The number of hydrogen-bond acceptors (Lipinski definition) is 3. The van der Waals surface area contributed by atoms with Gasteiger partial charge in [0.1, 0.15) is 6.29 Å². The van der Waals surface area contributed by atoms with Crippen molar-refractivity contribution in [2.24, 2.45) is 11.8 Å². The molecule has 1 aliphatic rings. The van der Waals surface area contributed by atoms with E-state index >= 15 is 0 Å². The molecule has 0 aliphatic heterocycles. The zero-order valence-electron chi connectivity index (χ0n) is 17.2. The van der Waals surface area contributed by atoms with Gasteiger partial charge in [0, 0.05) is 18.8 Å². The molecule has 0 aromatic heterocycles. The lowest BCUT2D eigenvalue weighted by Crippen LogP contribution is -2.15. The van der Waals surface area contributed by atoms with Gasteiger partial charge in [0.25, 0.3) is 0 Å². The van der Waals surface area contributed by atoms with Crippen molar-refractivity contribution in [3.05, 3.63) is 48.6 Å². The lowest BCUT2D eigenvalue weighted by atomic mass is 9.79. The quantitative estimate of drug-likeness (QED) is 0.335. The predicted molar refractivity (Wildman–Crippen MR) is 111 cm³/mol. The third-order valence-electron chi connectivity index (χ3n) is 4.63. The van der Waals surface area contributed by atoms with Crippen LogP contribution in [0.2, 0.25) is 0 Å². The van der Waals surface area contributed by atoms with Crippen LogP contribution in [0.1, 0.15) is 69.3 Å². The van der Waals surface area contributed by atoms with Gasteiger partial charge in [-0.2, -0.15) is 0 Å². The van der Waals surface area contributed by atoms with Crippen molar-refractivity contribution in [1.29, 1.82) is 0 Å². The number of rotatable bonds is 7. The molecule has 0 heterocycles. The highest BCUT2D eigenvalue weighted by atomic mass is 16.7. The Kier molecular flexibility index (Phi) is 14.9. The first kappa shape index (κ1) is 24.6. The van der Waals surface area contributed by atoms with Gasteiger partial charge in [0.15, 0.2) is 6.29 Å². The molecule has 1 aromatic rings. The van der Waals surface area contributed by atoms with E-state index in [1.54, 1.807) is 0 Å². The number of hydrogen-bond donors (Lipinski definition) is 0. The zero-order chi connectivity index (χ0) is 19.8. The third-order valence-corrected chi connectivity index (χ3v) is 4.63. The van der Waals surface area contributed by atoms with E-state index in [0.29, 0.717) is 0 Å². The minimum Gasteiger partial charge on any atom is -0.353 e. The summed E-state index contributed by atoms with van der Waals surface area (Å²) in [6.45, 7) is 15.6. The fraction of sp³-hybridized carbons (Fsp3) is 0.609. The van der Waals surface area contributed by atoms with E-state index in [1.807, 2.05) is 39.0 Å². The minimum atomic E-state index is -0.0370. The second-order valence-electron chi connectivity index (χ2n) is 6.62. The highest BCUT2D eigenvalue weighted by Crippen LogP contribution is 2.31. The molecule has 3 heteroatoms. The van der Waals surface area contributed by atoms with Crippen LogP contribution in [-0.4, -0.2) is 25.8 Å². The Morgan fingerprint density at radius 3 is 2.12 bits per heavy atom. The molecule has 26 heavy (non-hydrogen) atoms. The Balaban J connectivity index is 0.000000533. The summed E-state index contributed by atoms with van der Waals surface area (Å²) in [7, 11) is 0. The molecule has 2 rings (SSSR count). The van der Waals surface area contributed by atoms with Crippen molar-refractivity contribution in [2.45, 2.75) is 66.1 Å². The molecule has 1 aliphatic carbocycles. The molecule has 0 atom stereocenters. The second kappa shape index (κ2) is 15.8. The van der Waals surface area contributed by atoms with Crippen molar-refractivity contribution in [1.82, 2.24) is 0 Å². The standard InChI is InChI=1S/C15H20O.C6H14O2.C2H4/c1-12-6-8-13(9-7-12)10-14-4-2-3-5-15(14)11-16;1-4-7-6(3)8-5-2;1-2/h2-5,11-13H,6-10H2,1H3;6H,4-5H2,1-3H3;1-2H2. The van der Waals surface area contributed by atoms with Crippen LogP contribution in [0.25, 0.3) is 0 Å². The van der Waals surface area contributed by atoms with E-state index in [4.69, 9.17) is 9.47 Å². The summed E-state index contributed by atoms with van der Waals surface area (Å²) < 4.78 is 10.1. The molecule has 0 spiro atoms. The number of aldehydes is 1. The number of carbonyl (C=O) groups excluding carboxylic acids is 1. The van der Waals surface area contributed by atoms with Crippen LogP contribution in [-0.2, 0) is 15.9 Å². The van der Waals surface area contributed by atoms with E-state index in [2.05, 4.69) is 26.1 Å². The summed E-state index contributed by atoms with van der Waals surface area (Å²) in [5.74, 6) is 1.69. The maximum absolute atomic E-state index is 10.9. The molecule has 0 unspecified atom stereocenters. The monoisotopic (exact) mass is 362 g/mol. The topological polar surface area (TPSA) is 35.5 Å². The maximum Gasteiger partial charge on any atom is 0.154 e. The Labute approximate surface area is 160 Å². The molecule has 148 valence electrons. The maximum atomic E-state index is 10.9. The average molecular weight is 363 g/mol. The number of benzene rings is 1. The zero-order valence-corrected chi connectivity index (χ0v) is 17.2. The molecule has 0 N–H and O–H groups in total. The van der Waals surface area contributed by atoms with Gasteiger partial charge in [-0.25, -0.2) is 0 Å². The largest absolute Gasteiger partial charge is 0.353 e. The van der Waals surface area contributed by atoms with Gasteiger partial charge < -0.3 is 9.47 Å². The highest BCUT2D eigenvalue weighted by Gasteiger charge is 2.19. The van der Waals surface area contributed by atoms with E-state index in [0.717, 1.165) is 43.3 Å². The summed E-state index contributed by atoms with van der Waals surface area (Å²) in [4.78, 5) is 10.9. The van der Waals surface area contributed by atoms with Crippen LogP contribution in [0.15, 0.2) is 37.4 Å². The normalized spacial score (nSPS) is 19.0. The SMILES string of the molecule is C=C.CC1CCC(Cc2ccccc2C=O)CC1.CCOC(C)OCC. The van der Waals surface area contributed by atoms with Gasteiger partial charge in [-0.1, -0.05) is 44.0 Å². The van der Waals surface area contributed by atoms with Crippen LogP contribution in [0.3, 0.4) is 0 Å². The molecule has 0 saturated heterocycles. The molecular weight excluding hydrogens is 324 g/mol. The van der Waals surface area contributed by atoms with Crippen LogP contribution in [0, 0.1) is 11.8 Å². The molecule has 1 fully saturated rings. The predicted octanol–water partition coefficient (Wildman–Crippen LogP) is 6.08. The number of ether oxygens (including phenoxy) is 2. The first-order valence-electron chi connectivity index (χ1n) is 9.86. The number of carbonyl (C=O) groups is 1. The first-order valence-corrected chi connectivity index (χ1v) is 9.86. The molecule has 0 bridgehead atoms. The second-order valence-corrected chi connectivity index (χ2v) is 6.62. The van der Waals surface area contributed by atoms with E-state index in [-0.39, 0.29) is 6.29 Å². The lowest BCUT2D eigenvalue weighted by Gasteiger charge is -2.26. The van der Waals surface area contributed by atoms with E-state index in [9.17, 15) is 4.79 Å². The van der Waals surface area contributed by atoms with Crippen molar-refractivity contribution in [2.75, 3.05) is 13.2 Å². The Morgan fingerprint density at radius 1 is 1.08 bits per heavy atom. The fourth-order valence-electron chi connectivity index (χ4n) is 3.20. The van der Waals surface area contributed by atoms with Crippen molar-refractivity contribution >= 4 is 6.29 Å². The Hall–Kier alpha value is -1.45. The van der Waals surface area contributed by atoms with Crippen molar-refractivity contribution < 1.29 is 14.3 Å².